The predicted molar refractivity (Wildman–Crippen MR) is 89.1 cm³/mol. The molecule has 0 radical (unpaired) electrons. The lowest BCUT2D eigenvalue weighted by Gasteiger charge is -2.36. The molecule has 1 fully saturated rings. The summed E-state index contributed by atoms with van der Waals surface area (Å²) in [6, 6.07) is 4.92. The maximum absolute atomic E-state index is 12.3. The van der Waals surface area contributed by atoms with Crippen LogP contribution in [0, 0.1) is 0 Å². The van der Waals surface area contributed by atoms with Gasteiger partial charge >= 0.3 is 6.03 Å². The van der Waals surface area contributed by atoms with Crippen LogP contribution < -0.4 is 5.32 Å². The molecule has 1 saturated heterocycles. The molecule has 2 rings (SSSR count). The molecule has 25 heavy (non-hydrogen) atoms. The predicted octanol–water partition coefficient (Wildman–Crippen LogP) is -0.0933. The van der Waals surface area contributed by atoms with Crippen molar-refractivity contribution in [2.75, 3.05) is 28.2 Å². The standard InChI is InChI=1S/C15H20N4O5S/c1-17(2)25(23,24)11-7-5-10(6-8-11)14(21)16-12-9-13(20)19(4)15(22)18(12)3/h5-8,12H,9H2,1-4H3,(H,16,21). The number of imide groups is 1. The lowest BCUT2D eigenvalue weighted by molar-refractivity contribution is -0.131. The van der Waals surface area contributed by atoms with Crippen LogP contribution in [0.2, 0.25) is 0 Å². The molecular formula is C15H20N4O5S. The number of nitrogens with zero attached hydrogens (tertiary/aromatic N) is 3. The molecule has 0 aliphatic carbocycles. The molecular weight excluding hydrogens is 348 g/mol. The van der Waals surface area contributed by atoms with Gasteiger partial charge in [-0.3, -0.25) is 14.5 Å². The van der Waals surface area contributed by atoms with Crippen molar-refractivity contribution >= 4 is 27.9 Å². The molecule has 1 aliphatic heterocycles. The summed E-state index contributed by atoms with van der Waals surface area (Å²) in [5, 5.41) is 2.61. The van der Waals surface area contributed by atoms with E-state index >= 15 is 0 Å². The number of hydrogen-bond donors (Lipinski definition) is 1. The quantitative estimate of drug-likeness (QED) is 0.799. The smallest absolute Gasteiger partial charge is 0.327 e. The highest BCUT2D eigenvalue weighted by atomic mass is 32.2. The van der Waals surface area contributed by atoms with Gasteiger partial charge in [0.1, 0.15) is 6.17 Å². The van der Waals surface area contributed by atoms with Crippen molar-refractivity contribution in [2.24, 2.45) is 0 Å². The number of urea groups is 1. The van der Waals surface area contributed by atoms with E-state index in [1.165, 1.54) is 57.4 Å². The van der Waals surface area contributed by atoms with Crippen LogP contribution in [0.15, 0.2) is 29.2 Å². The van der Waals surface area contributed by atoms with Crippen LogP contribution >= 0.6 is 0 Å². The van der Waals surface area contributed by atoms with E-state index in [0.717, 1.165) is 9.21 Å². The van der Waals surface area contributed by atoms with Crippen LogP contribution in [-0.2, 0) is 14.8 Å². The first kappa shape index (κ1) is 18.9. The van der Waals surface area contributed by atoms with Gasteiger partial charge in [-0.15, -0.1) is 0 Å². The van der Waals surface area contributed by atoms with E-state index in [1.807, 2.05) is 0 Å². The SMILES string of the molecule is CN1C(=O)CC(NC(=O)c2ccc(S(=O)(=O)N(C)C)cc2)N(C)C1=O. The van der Waals surface area contributed by atoms with Crippen LogP contribution in [0.25, 0.3) is 0 Å². The number of amides is 4. The van der Waals surface area contributed by atoms with Crippen LogP contribution in [0.4, 0.5) is 4.79 Å². The van der Waals surface area contributed by atoms with Crippen molar-refractivity contribution < 1.29 is 22.8 Å². The summed E-state index contributed by atoms with van der Waals surface area (Å²) in [6.45, 7) is 0. The molecule has 4 amide bonds. The van der Waals surface area contributed by atoms with E-state index in [2.05, 4.69) is 5.32 Å². The zero-order valence-electron chi connectivity index (χ0n) is 14.4. The molecule has 1 aromatic carbocycles. The molecule has 136 valence electrons. The number of sulfonamides is 1. The van der Waals surface area contributed by atoms with Gasteiger partial charge in [-0.2, -0.15) is 0 Å². The second-order valence-electron chi connectivity index (χ2n) is 5.85. The summed E-state index contributed by atoms with van der Waals surface area (Å²) in [6.07, 6.45) is -0.786. The minimum absolute atomic E-state index is 0.0302. The highest BCUT2D eigenvalue weighted by Crippen LogP contribution is 2.16. The van der Waals surface area contributed by atoms with E-state index in [1.54, 1.807) is 0 Å². The maximum Gasteiger partial charge on any atom is 0.327 e. The lowest BCUT2D eigenvalue weighted by atomic mass is 10.2. The third-order valence-corrected chi connectivity index (χ3v) is 5.82. The van der Waals surface area contributed by atoms with E-state index in [9.17, 15) is 22.8 Å². The fourth-order valence-electron chi connectivity index (χ4n) is 2.29. The Hall–Kier alpha value is -2.46. The Morgan fingerprint density at radius 1 is 1.16 bits per heavy atom. The minimum Gasteiger partial charge on any atom is -0.331 e. The average molecular weight is 368 g/mol. The van der Waals surface area contributed by atoms with Gasteiger partial charge < -0.3 is 10.2 Å². The van der Waals surface area contributed by atoms with Gasteiger partial charge in [-0.25, -0.2) is 17.5 Å². The van der Waals surface area contributed by atoms with Crippen molar-refractivity contribution in [3.8, 4) is 0 Å². The molecule has 0 spiro atoms. The first-order valence-electron chi connectivity index (χ1n) is 7.42. The van der Waals surface area contributed by atoms with Crippen molar-refractivity contribution in [3.05, 3.63) is 29.8 Å². The Morgan fingerprint density at radius 2 is 1.72 bits per heavy atom. The molecule has 1 aliphatic rings. The molecule has 1 atom stereocenters. The fraction of sp³-hybridized carbons (Fsp3) is 0.400. The highest BCUT2D eigenvalue weighted by Gasteiger charge is 2.35. The molecule has 0 saturated carbocycles. The van der Waals surface area contributed by atoms with Gasteiger partial charge in [0, 0.05) is 33.8 Å². The molecule has 1 heterocycles. The van der Waals surface area contributed by atoms with Gasteiger partial charge in [0.2, 0.25) is 15.9 Å². The molecule has 0 bridgehead atoms. The van der Waals surface area contributed by atoms with Crippen LogP contribution in [0.3, 0.4) is 0 Å². The second kappa shape index (κ2) is 6.81. The number of carbonyl (C=O) groups excluding carboxylic acids is 3. The van der Waals surface area contributed by atoms with E-state index in [-0.39, 0.29) is 22.8 Å². The number of rotatable bonds is 4. The van der Waals surface area contributed by atoms with Crippen molar-refractivity contribution in [3.63, 3.8) is 0 Å². The molecule has 1 aromatic rings. The molecule has 9 nitrogen and oxygen atoms in total. The number of nitrogens with one attached hydrogen (secondary N) is 1. The summed E-state index contributed by atoms with van der Waals surface area (Å²) >= 11 is 0. The zero-order chi connectivity index (χ0) is 18.9. The Labute approximate surface area is 146 Å². The highest BCUT2D eigenvalue weighted by molar-refractivity contribution is 7.89. The van der Waals surface area contributed by atoms with Crippen LogP contribution in [-0.4, -0.2) is 74.7 Å². The summed E-state index contributed by atoms with van der Waals surface area (Å²) in [5.41, 5.74) is 0.227. The minimum atomic E-state index is -3.58. The molecule has 1 N–H and O–H groups in total. The Balaban J connectivity index is 2.14. The van der Waals surface area contributed by atoms with Gasteiger partial charge in [0.25, 0.3) is 5.91 Å². The summed E-state index contributed by atoms with van der Waals surface area (Å²) in [4.78, 5) is 38.3. The second-order valence-corrected chi connectivity index (χ2v) is 8.00. The van der Waals surface area contributed by atoms with Gasteiger partial charge in [0.15, 0.2) is 0 Å². The summed E-state index contributed by atoms with van der Waals surface area (Å²) < 4.78 is 25.1. The van der Waals surface area contributed by atoms with E-state index < -0.39 is 28.1 Å². The first-order valence-corrected chi connectivity index (χ1v) is 8.86. The number of benzene rings is 1. The number of carbonyl (C=O) groups is 3. The summed E-state index contributed by atoms with van der Waals surface area (Å²) in [5.74, 6) is -0.892. The zero-order valence-corrected chi connectivity index (χ0v) is 15.2. The Morgan fingerprint density at radius 3 is 2.24 bits per heavy atom. The van der Waals surface area contributed by atoms with E-state index in [4.69, 9.17) is 0 Å². The Kier molecular flexibility index (Phi) is 5.14. The van der Waals surface area contributed by atoms with E-state index in [0.29, 0.717) is 0 Å². The molecule has 0 aromatic heterocycles. The monoisotopic (exact) mass is 368 g/mol. The van der Waals surface area contributed by atoms with Gasteiger partial charge in [-0.05, 0) is 24.3 Å². The van der Waals surface area contributed by atoms with Gasteiger partial charge in [0.05, 0.1) is 11.3 Å². The van der Waals surface area contributed by atoms with Crippen LogP contribution in [0.5, 0.6) is 0 Å². The van der Waals surface area contributed by atoms with Crippen molar-refractivity contribution in [2.45, 2.75) is 17.5 Å². The molecule has 1 unspecified atom stereocenters. The topological polar surface area (TPSA) is 107 Å². The van der Waals surface area contributed by atoms with Crippen LogP contribution in [0.1, 0.15) is 16.8 Å². The van der Waals surface area contributed by atoms with Crippen molar-refractivity contribution in [1.82, 2.24) is 19.4 Å². The third kappa shape index (κ3) is 3.64. The first-order chi connectivity index (χ1) is 11.6. The fourth-order valence-corrected chi connectivity index (χ4v) is 3.19. The molecule has 10 heteroatoms. The van der Waals surface area contributed by atoms with Gasteiger partial charge in [-0.1, -0.05) is 0 Å². The normalized spacial score (nSPS) is 18.7. The number of hydrogen-bond acceptors (Lipinski definition) is 5. The largest absolute Gasteiger partial charge is 0.331 e. The van der Waals surface area contributed by atoms with Crippen molar-refractivity contribution in [1.29, 1.82) is 0 Å². The lowest BCUT2D eigenvalue weighted by Crippen LogP contribution is -2.59. The Bertz CT molecular complexity index is 804. The average Bonchev–Trinajstić information content (AvgIpc) is 2.57. The summed E-state index contributed by atoms with van der Waals surface area (Å²) in [7, 11) is 2.12. The maximum atomic E-state index is 12.3. The third-order valence-electron chi connectivity index (χ3n) is 3.99.